The minimum Gasteiger partial charge on any atom is -0.310 e. The highest BCUT2D eigenvalue weighted by molar-refractivity contribution is 8.00. The number of anilines is 1. The number of pyridine rings is 1. The van der Waals surface area contributed by atoms with E-state index in [9.17, 15) is 9.59 Å². The van der Waals surface area contributed by atoms with Crippen LogP contribution < -0.4 is 10.9 Å². The fraction of sp³-hybridized carbons (Fsp3) is 0.100. The lowest BCUT2D eigenvalue weighted by Crippen LogP contribution is -2.23. The summed E-state index contributed by atoms with van der Waals surface area (Å²) < 4.78 is 0. The molecule has 9 heteroatoms. The highest BCUT2D eigenvalue weighted by Gasteiger charge is 2.19. The van der Waals surface area contributed by atoms with Gasteiger partial charge in [0, 0.05) is 17.1 Å². The van der Waals surface area contributed by atoms with Crippen LogP contribution in [0.2, 0.25) is 5.02 Å². The van der Waals surface area contributed by atoms with Gasteiger partial charge in [0.15, 0.2) is 5.16 Å². The van der Waals surface area contributed by atoms with Crippen LogP contribution in [0.15, 0.2) is 64.0 Å². The first kappa shape index (κ1) is 19.6. The van der Waals surface area contributed by atoms with Gasteiger partial charge in [-0.15, -0.1) is 11.3 Å². The number of halogens is 1. The monoisotopic (exact) mass is 442 g/mol. The molecule has 3 aromatic heterocycles. The number of fused-ring (bicyclic) bond motifs is 1. The predicted octanol–water partition coefficient (Wildman–Crippen LogP) is 4.82. The zero-order valence-corrected chi connectivity index (χ0v) is 17.6. The number of aromatic nitrogens is 3. The lowest BCUT2D eigenvalue weighted by molar-refractivity contribution is -0.115. The third kappa shape index (κ3) is 4.34. The van der Waals surface area contributed by atoms with Gasteiger partial charge in [0.25, 0.3) is 5.56 Å². The highest BCUT2D eigenvalue weighted by atomic mass is 35.5. The van der Waals surface area contributed by atoms with Crippen LogP contribution in [0.3, 0.4) is 0 Å². The van der Waals surface area contributed by atoms with Gasteiger partial charge in [-0.05, 0) is 24.6 Å². The number of nitrogens with one attached hydrogen (secondary N) is 2. The van der Waals surface area contributed by atoms with Crippen molar-refractivity contribution >= 4 is 56.6 Å². The maximum absolute atomic E-state index is 12.7. The third-order valence-corrected chi connectivity index (χ3v) is 6.22. The number of hydrogen-bond donors (Lipinski definition) is 2. The van der Waals surface area contributed by atoms with E-state index in [0.29, 0.717) is 26.2 Å². The molecule has 0 bridgehead atoms. The molecule has 0 unspecified atom stereocenters. The van der Waals surface area contributed by atoms with Gasteiger partial charge < -0.3 is 10.3 Å². The molecule has 0 aliphatic carbocycles. The standard InChI is InChI=1S/C20H15ClN4O2S2/c1-11(17(26)23-15-8-7-13(21)9-22-15)29-20-24-18(27)16-14(10-28-19(16)25-20)12-5-3-2-4-6-12/h2-11H,1H3,(H,22,23,26)(H,24,25,27)/t11-/m1/s1. The van der Waals surface area contributed by atoms with Crippen molar-refractivity contribution in [2.45, 2.75) is 17.3 Å². The third-order valence-electron chi connectivity index (χ3n) is 4.14. The molecule has 1 aromatic carbocycles. The molecule has 1 amide bonds. The molecule has 0 saturated carbocycles. The van der Waals surface area contributed by atoms with Gasteiger partial charge in [0.05, 0.1) is 15.7 Å². The number of hydrogen-bond acceptors (Lipinski definition) is 6. The van der Waals surface area contributed by atoms with E-state index >= 15 is 0 Å². The number of H-pyrrole nitrogens is 1. The van der Waals surface area contributed by atoms with Gasteiger partial charge in [0.1, 0.15) is 10.6 Å². The number of rotatable bonds is 5. The van der Waals surface area contributed by atoms with Crippen LogP contribution in [0.4, 0.5) is 5.82 Å². The summed E-state index contributed by atoms with van der Waals surface area (Å²) in [5, 5.41) is 5.62. The van der Waals surface area contributed by atoms with Crippen LogP contribution in [0.5, 0.6) is 0 Å². The first-order valence-electron chi connectivity index (χ1n) is 8.67. The van der Waals surface area contributed by atoms with Crippen molar-refractivity contribution in [1.82, 2.24) is 15.0 Å². The number of aromatic amines is 1. The molecule has 1 atom stereocenters. The zero-order valence-electron chi connectivity index (χ0n) is 15.2. The Bertz CT molecular complexity index is 1220. The highest BCUT2D eigenvalue weighted by Crippen LogP contribution is 2.32. The lowest BCUT2D eigenvalue weighted by Gasteiger charge is -2.11. The first-order chi connectivity index (χ1) is 14.0. The number of carbonyl (C=O) groups is 1. The van der Waals surface area contributed by atoms with Crippen molar-refractivity contribution < 1.29 is 4.79 Å². The van der Waals surface area contributed by atoms with Crippen molar-refractivity contribution in [2.75, 3.05) is 5.32 Å². The molecule has 0 radical (unpaired) electrons. The van der Waals surface area contributed by atoms with Crippen molar-refractivity contribution in [3.05, 3.63) is 69.4 Å². The average molecular weight is 443 g/mol. The van der Waals surface area contributed by atoms with E-state index in [1.54, 1.807) is 19.1 Å². The SMILES string of the molecule is C[C@@H](Sc1nc2scc(-c3ccccc3)c2c(=O)[nH]1)C(=O)Nc1ccc(Cl)cn1. The van der Waals surface area contributed by atoms with E-state index in [4.69, 9.17) is 11.6 Å². The maximum Gasteiger partial charge on any atom is 0.260 e. The normalized spacial score (nSPS) is 12.1. The molecule has 0 aliphatic heterocycles. The van der Waals surface area contributed by atoms with Crippen molar-refractivity contribution in [3.8, 4) is 11.1 Å². The molecule has 6 nitrogen and oxygen atoms in total. The Morgan fingerprint density at radius 1 is 1.24 bits per heavy atom. The molecule has 3 heterocycles. The lowest BCUT2D eigenvalue weighted by atomic mass is 10.1. The molecule has 0 spiro atoms. The molecule has 0 saturated heterocycles. The summed E-state index contributed by atoms with van der Waals surface area (Å²) in [6, 6.07) is 13.0. The number of thioether (sulfide) groups is 1. The molecule has 0 aliphatic rings. The van der Waals surface area contributed by atoms with Gasteiger partial charge in [-0.2, -0.15) is 0 Å². The predicted molar refractivity (Wildman–Crippen MR) is 119 cm³/mol. The number of amides is 1. The van der Waals surface area contributed by atoms with Crippen LogP contribution in [0.25, 0.3) is 21.3 Å². The van der Waals surface area contributed by atoms with Gasteiger partial charge in [-0.1, -0.05) is 53.7 Å². The van der Waals surface area contributed by atoms with Gasteiger partial charge >= 0.3 is 0 Å². The smallest absolute Gasteiger partial charge is 0.260 e. The Labute approximate surface area is 179 Å². The van der Waals surface area contributed by atoms with Gasteiger partial charge in [-0.3, -0.25) is 9.59 Å². The Morgan fingerprint density at radius 3 is 2.76 bits per heavy atom. The van der Waals surface area contributed by atoms with Crippen molar-refractivity contribution in [1.29, 1.82) is 0 Å². The first-order valence-corrected chi connectivity index (χ1v) is 10.8. The summed E-state index contributed by atoms with van der Waals surface area (Å²) >= 11 is 8.39. The summed E-state index contributed by atoms with van der Waals surface area (Å²) in [5.74, 6) is 0.165. The Hall–Kier alpha value is -2.68. The minimum atomic E-state index is -0.485. The second kappa shape index (κ2) is 8.36. The van der Waals surface area contributed by atoms with Gasteiger partial charge in [0.2, 0.25) is 5.91 Å². The second-order valence-electron chi connectivity index (χ2n) is 6.18. The van der Waals surface area contributed by atoms with E-state index < -0.39 is 5.25 Å². The summed E-state index contributed by atoms with van der Waals surface area (Å²) in [6.45, 7) is 1.74. The molecule has 0 fully saturated rings. The topological polar surface area (TPSA) is 87.7 Å². The van der Waals surface area contributed by atoms with Crippen LogP contribution in [-0.2, 0) is 4.79 Å². The molecule has 146 valence electrons. The van der Waals surface area contributed by atoms with Crippen LogP contribution in [-0.4, -0.2) is 26.1 Å². The summed E-state index contributed by atoms with van der Waals surface area (Å²) in [4.78, 5) is 37.1. The van der Waals surface area contributed by atoms with Crippen molar-refractivity contribution in [2.24, 2.45) is 0 Å². The summed E-state index contributed by atoms with van der Waals surface area (Å²) in [6.07, 6.45) is 1.46. The van der Waals surface area contributed by atoms with E-state index in [2.05, 4.69) is 20.3 Å². The molecule has 4 aromatic rings. The molecular weight excluding hydrogens is 428 g/mol. The number of carbonyl (C=O) groups excluding carboxylic acids is 1. The van der Waals surface area contributed by atoms with E-state index in [1.165, 1.54) is 29.3 Å². The number of thiophene rings is 1. The maximum atomic E-state index is 12.7. The average Bonchev–Trinajstić information content (AvgIpc) is 3.15. The van der Waals surface area contributed by atoms with Crippen LogP contribution in [0, 0.1) is 0 Å². The molecule has 2 N–H and O–H groups in total. The second-order valence-corrected chi connectivity index (χ2v) is 8.80. The molecule has 4 rings (SSSR count). The van der Waals surface area contributed by atoms with E-state index in [-0.39, 0.29) is 11.5 Å². The quantitative estimate of drug-likeness (QED) is 0.341. The molecular formula is C20H15ClN4O2S2. The minimum absolute atomic E-state index is 0.218. The van der Waals surface area contributed by atoms with Crippen molar-refractivity contribution in [3.63, 3.8) is 0 Å². The van der Waals surface area contributed by atoms with Crippen LogP contribution in [0.1, 0.15) is 6.92 Å². The summed E-state index contributed by atoms with van der Waals surface area (Å²) in [5.41, 5.74) is 1.61. The Kier molecular flexibility index (Phi) is 5.66. The fourth-order valence-corrected chi connectivity index (χ4v) is 4.63. The van der Waals surface area contributed by atoms with E-state index in [1.807, 2.05) is 35.7 Å². The zero-order chi connectivity index (χ0) is 20.4. The number of benzene rings is 1. The molecule has 29 heavy (non-hydrogen) atoms. The van der Waals surface area contributed by atoms with Gasteiger partial charge in [-0.25, -0.2) is 9.97 Å². The Morgan fingerprint density at radius 2 is 2.03 bits per heavy atom. The number of nitrogens with zero attached hydrogens (tertiary/aromatic N) is 2. The largest absolute Gasteiger partial charge is 0.310 e. The Balaban J connectivity index is 1.54. The van der Waals surface area contributed by atoms with Crippen LogP contribution >= 0.6 is 34.7 Å². The summed E-state index contributed by atoms with van der Waals surface area (Å²) in [7, 11) is 0. The van der Waals surface area contributed by atoms with E-state index in [0.717, 1.165) is 11.1 Å². The fourth-order valence-electron chi connectivity index (χ4n) is 2.71.